The van der Waals surface area contributed by atoms with E-state index in [4.69, 9.17) is 18.9 Å². The molecular formula is C78H114O4. The van der Waals surface area contributed by atoms with Crippen LogP contribution in [0.25, 0.3) is 64.6 Å². The van der Waals surface area contributed by atoms with Gasteiger partial charge in [-0.1, -0.05) is 283 Å². The molecule has 0 aromatic heterocycles. The summed E-state index contributed by atoms with van der Waals surface area (Å²) < 4.78 is 26.4. The summed E-state index contributed by atoms with van der Waals surface area (Å²) in [6, 6.07) is 32.4. The molecule has 7 rings (SSSR count). The van der Waals surface area contributed by atoms with Crippen LogP contribution in [0.1, 0.15) is 285 Å². The van der Waals surface area contributed by atoms with E-state index >= 15 is 0 Å². The van der Waals surface area contributed by atoms with Crippen molar-refractivity contribution in [2.24, 2.45) is 0 Å². The van der Waals surface area contributed by atoms with Crippen LogP contribution in [0.5, 0.6) is 23.0 Å². The second-order valence-corrected chi connectivity index (χ2v) is 24.9. The predicted molar refractivity (Wildman–Crippen MR) is 361 cm³/mol. The molecule has 0 aliphatic heterocycles. The Morgan fingerprint density at radius 3 is 0.512 bits per heavy atom. The van der Waals surface area contributed by atoms with E-state index in [1.165, 1.54) is 296 Å². The predicted octanol–water partition coefficient (Wildman–Crippen LogP) is 25.8. The highest BCUT2D eigenvalue weighted by atomic mass is 16.5. The fourth-order valence-corrected chi connectivity index (χ4v) is 12.9. The molecule has 0 saturated heterocycles. The molecule has 0 radical (unpaired) electrons. The number of hydrogen-bond donors (Lipinski definition) is 0. The highest BCUT2D eigenvalue weighted by Crippen LogP contribution is 2.45. The molecule has 0 bridgehead atoms. The fourth-order valence-electron chi connectivity index (χ4n) is 12.9. The topological polar surface area (TPSA) is 36.9 Å². The average Bonchev–Trinajstić information content (AvgIpc) is 1.39. The molecule has 0 heterocycles. The van der Waals surface area contributed by atoms with Crippen LogP contribution in [0.2, 0.25) is 0 Å². The van der Waals surface area contributed by atoms with Gasteiger partial charge in [0.1, 0.15) is 23.0 Å². The van der Waals surface area contributed by atoms with Crippen LogP contribution in [0, 0.1) is 0 Å². The van der Waals surface area contributed by atoms with E-state index in [9.17, 15) is 0 Å². The van der Waals surface area contributed by atoms with Crippen molar-refractivity contribution in [1.82, 2.24) is 0 Å². The lowest BCUT2D eigenvalue weighted by molar-refractivity contribution is 0.304. The number of benzene rings is 7. The van der Waals surface area contributed by atoms with Crippen molar-refractivity contribution in [2.45, 2.75) is 285 Å². The molecule has 82 heavy (non-hydrogen) atoms. The lowest BCUT2D eigenvalue weighted by Gasteiger charge is -2.18. The monoisotopic (exact) mass is 1110 g/mol. The Morgan fingerprint density at radius 2 is 0.329 bits per heavy atom. The smallest absolute Gasteiger partial charge is 0.119 e. The molecule has 0 spiro atoms. The normalized spacial score (nSPS) is 11.9. The van der Waals surface area contributed by atoms with Crippen molar-refractivity contribution in [3.63, 3.8) is 0 Å². The SMILES string of the molecule is CCCCCCCCCCCCOc1ccc2c(c1)c1cc(OCCCCCCCCCCCC)ccc1c1cc3c4ccc(OCCCCCCCCCCCC)cc4c4cc(OCCCCCCCCCCCC)ccc4c3cc21. The maximum Gasteiger partial charge on any atom is 0.119 e. The van der Waals surface area contributed by atoms with Gasteiger partial charge < -0.3 is 18.9 Å². The third kappa shape index (κ3) is 21.4. The fraction of sp³-hybridized carbons (Fsp3) is 0.615. The molecule has 0 amide bonds. The molecule has 7 aromatic rings. The Hall–Kier alpha value is -4.70. The molecule has 0 saturated carbocycles. The van der Waals surface area contributed by atoms with Gasteiger partial charge in [-0.3, -0.25) is 0 Å². The van der Waals surface area contributed by atoms with Crippen molar-refractivity contribution in [3.8, 4) is 23.0 Å². The molecule has 0 aliphatic rings. The minimum absolute atomic E-state index is 0.751. The number of unbranched alkanes of at least 4 members (excludes halogenated alkanes) is 36. The summed E-state index contributed by atoms with van der Waals surface area (Å²) in [6.45, 7) is 12.2. The number of hydrogen-bond acceptors (Lipinski definition) is 4. The molecule has 0 aliphatic carbocycles. The average molecular weight is 1120 g/mol. The summed E-state index contributed by atoms with van der Waals surface area (Å²) in [7, 11) is 0. The van der Waals surface area contributed by atoms with Crippen molar-refractivity contribution in [3.05, 3.63) is 84.9 Å². The molecule has 4 nitrogen and oxygen atoms in total. The van der Waals surface area contributed by atoms with Gasteiger partial charge >= 0.3 is 0 Å². The van der Waals surface area contributed by atoms with Gasteiger partial charge in [0.25, 0.3) is 0 Å². The highest BCUT2D eigenvalue weighted by molar-refractivity contribution is 6.33. The van der Waals surface area contributed by atoms with E-state index in [1.54, 1.807) is 0 Å². The maximum atomic E-state index is 6.60. The minimum atomic E-state index is 0.751. The van der Waals surface area contributed by atoms with E-state index in [1.807, 2.05) is 0 Å². The maximum absolute atomic E-state index is 6.60. The third-order valence-electron chi connectivity index (χ3n) is 17.9. The summed E-state index contributed by atoms with van der Waals surface area (Å²) in [6.07, 6.45) is 52.8. The summed E-state index contributed by atoms with van der Waals surface area (Å²) in [5.74, 6) is 3.81. The Bertz CT molecular complexity index is 2480. The Balaban J connectivity index is 1.14. The van der Waals surface area contributed by atoms with Crippen molar-refractivity contribution in [2.75, 3.05) is 26.4 Å². The highest BCUT2D eigenvalue weighted by Gasteiger charge is 2.17. The zero-order valence-corrected chi connectivity index (χ0v) is 52.8. The van der Waals surface area contributed by atoms with Gasteiger partial charge in [-0.2, -0.15) is 0 Å². The molecule has 450 valence electrons. The number of rotatable bonds is 48. The van der Waals surface area contributed by atoms with Crippen molar-refractivity contribution >= 4 is 64.6 Å². The Kier molecular flexibility index (Phi) is 30.9. The lowest BCUT2D eigenvalue weighted by Crippen LogP contribution is -1.99. The summed E-state index contributed by atoms with van der Waals surface area (Å²) in [5.41, 5.74) is 0. The van der Waals surface area contributed by atoms with Crippen molar-refractivity contribution < 1.29 is 18.9 Å². The molecule has 7 aromatic carbocycles. The first-order chi connectivity index (χ1) is 40.6. The van der Waals surface area contributed by atoms with E-state index < -0.39 is 0 Å². The largest absolute Gasteiger partial charge is 0.494 e. The zero-order valence-electron chi connectivity index (χ0n) is 52.8. The second-order valence-electron chi connectivity index (χ2n) is 24.9. The van der Waals surface area contributed by atoms with E-state index in [2.05, 4.69) is 113 Å². The van der Waals surface area contributed by atoms with Crippen LogP contribution in [0.15, 0.2) is 84.9 Å². The van der Waals surface area contributed by atoms with E-state index in [-0.39, 0.29) is 0 Å². The zero-order chi connectivity index (χ0) is 57.1. The molecular weight excluding hydrogens is 1000 g/mol. The van der Waals surface area contributed by atoms with E-state index in [0.29, 0.717) is 0 Å². The van der Waals surface area contributed by atoms with Gasteiger partial charge in [-0.15, -0.1) is 0 Å². The molecule has 4 heteroatoms. The first kappa shape index (κ1) is 64.9. The second kappa shape index (κ2) is 39.0. The molecule has 0 unspecified atom stereocenters. The van der Waals surface area contributed by atoms with Gasteiger partial charge in [0.05, 0.1) is 26.4 Å². The first-order valence-electron chi connectivity index (χ1n) is 34.9. The lowest BCUT2D eigenvalue weighted by atomic mass is 9.88. The standard InChI is InChI=1S/C78H114O4/c1-5-9-13-17-21-25-29-33-37-41-53-79-63-45-49-67-71(57-63)72-58-64(80-54-42-38-34-30-26-22-18-14-10-6-2)46-50-68(72)76-62-78-70-52-48-66(82-56-44-40-36-32-28-24-20-16-12-8-4)60-74(70)73-59-65(47-51-69(73)77(78)61-75(67)76)81-55-43-39-35-31-27-23-19-15-11-7-3/h45-52,57-62H,5-44,53-56H2,1-4H3. The number of ether oxygens (including phenoxy) is 4. The molecule has 0 N–H and O–H groups in total. The summed E-state index contributed by atoms with van der Waals surface area (Å²) in [5, 5.41) is 15.0. The van der Waals surface area contributed by atoms with Crippen LogP contribution in [0.3, 0.4) is 0 Å². The third-order valence-corrected chi connectivity index (χ3v) is 17.9. The van der Waals surface area contributed by atoms with Gasteiger partial charge in [0.2, 0.25) is 0 Å². The van der Waals surface area contributed by atoms with Gasteiger partial charge in [0.15, 0.2) is 0 Å². The van der Waals surface area contributed by atoms with Crippen LogP contribution >= 0.6 is 0 Å². The van der Waals surface area contributed by atoms with Crippen LogP contribution < -0.4 is 18.9 Å². The van der Waals surface area contributed by atoms with Crippen LogP contribution in [0.4, 0.5) is 0 Å². The summed E-state index contributed by atoms with van der Waals surface area (Å²) >= 11 is 0. The van der Waals surface area contributed by atoms with Gasteiger partial charge in [-0.05, 0) is 151 Å². The molecule has 0 atom stereocenters. The van der Waals surface area contributed by atoms with E-state index in [0.717, 1.165) is 75.1 Å². The first-order valence-corrected chi connectivity index (χ1v) is 34.9. The Morgan fingerprint density at radius 1 is 0.171 bits per heavy atom. The quantitative estimate of drug-likeness (QED) is 0.0216. The van der Waals surface area contributed by atoms with Gasteiger partial charge in [-0.25, -0.2) is 0 Å². The van der Waals surface area contributed by atoms with Crippen LogP contribution in [-0.4, -0.2) is 26.4 Å². The minimum Gasteiger partial charge on any atom is -0.494 e. The number of fused-ring (bicyclic) bond motifs is 12. The molecule has 0 fully saturated rings. The van der Waals surface area contributed by atoms with Gasteiger partial charge in [0, 0.05) is 0 Å². The van der Waals surface area contributed by atoms with Crippen molar-refractivity contribution in [1.29, 1.82) is 0 Å². The van der Waals surface area contributed by atoms with Crippen LogP contribution in [-0.2, 0) is 0 Å². The summed E-state index contributed by atoms with van der Waals surface area (Å²) in [4.78, 5) is 0. The Labute approximate surface area is 499 Å².